The summed E-state index contributed by atoms with van der Waals surface area (Å²) in [5, 5.41) is 3.50. The van der Waals surface area contributed by atoms with Crippen LogP contribution in [0.3, 0.4) is 0 Å². The second kappa shape index (κ2) is 6.18. The number of rotatable bonds is 5. The van der Waals surface area contributed by atoms with E-state index in [1.165, 1.54) is 6.21 Å². The van der Waals surface area contributed by atoms with Gasteiger partial charge in [-0.1, -0.05) is 0 Å². The molecule has 0 saturated heterocycles. The Morgan fingerprint density at radius 1 is 1.70 bits per heavy atom. The Bertz CT molecular complexity index is 115. The summed E-state index contributed by atoms with van der Waals surface area (Å²) in [5.74, 6) is 0. The minimum Gasteiger partial charge on any atom is -0.293 e. The average Bonchev–Trinajstić information content (AvgIpc) is 1.89. The average molecular weight is 145 g/mol. The van der Waals surface area contributed by atoms with E-state index in [0.717, 1.165) is 0 Å². The summed E-state index contributed by atoms with van der Waals surface area (Å²) >= 11 is 0. The third-order valence-electron chi connectivity index (χ3n) is 0.715. The second-order valence-electron chi connectivity index (χ2n) is 1.55. The monoisotopic (exact) mass is 145 g/mol. The first-order chi connectivity index (χ1) is 4.81. The maximum atomic E-state index is 9.66. The summed E-state index contributed by atoms with van der Waals surface area (Å²) in [7, 11) is 1.65. The van der Waals surface area contributed by atoms with Crippen molar-refractivity contribution in [2.45, 2.75) is 13.0 Å². The van der Waals surface area contributed by atoms with Crippen LogP contribution in [0.15, 0.2) is 5.10 Å². The topological polar surface area (TPSA) is 62.7 Å². The van der Waals surface area contributed by atoms with Crippen molar-refractivity contribution < 1.29 is 9.63 Å². The van der Waals surface area contributed by atoms with Crippen molar-refractivity contribution in [1.82, 2.24) is 10.9 Å². The smallest absolute Gasteiger partial charge is 0.227 e. The van der Waals surface area contributed by atoms with Gasteiger partial charge in [-0.3, -0.25) is 9.63 Å². The van der Waals surface area contributed by atoms with Gasteiger partial charge in [0.25, 0.3) is 0 Å². The Balaban J connectivity index is 3.34. The highest BCUT2D eigenvalue weighted by Crippen LogP contribution is 1.78. The molecule has 5 nitrogen and oxygen atoms in total. The lowest BCUT2D eigenvalue weighted by Gasteiger charge is -2.03. The number of nitrogens with one attached hydrogen (secondary N) is 2. The van der Waals surface area contributed by atoms with Crippen LogP contribution in [0.1, 0.15) is 6.92 Å². The number of amides is 1. The van der Waals surface area contributed by atoms with Crippen LogP contribution in [0.5, 0.6) is 0 Å². The highest BCUT2D eigenvalue weighted by atomic mass is 16.7. The van der Waals surface area contributed by atoms with Gasteiger partial charge < -0.3 is 0 Å². The predicted molar refractivity (Wildman–Crippen MR) is 37.3 cm³/mol. The molecule has 0 unspecified atom stereocenters. The molecule has 10 heavy (non-hydrogen) atoms. The molecule has 0 saturated carbocycles. The molecule has 2 N–H and O–H groups in total. The van der Waals surface area contributed by atoms with E-state index in [0.29, 0.717) is 6.41 Å². The number of hydrogen-bond acceptors (Lipinski definition) is 4. The fourth-order valence-electron chi connectivity index (χ4n) is 0.395. The summed E-state index contributed by atoms with van der Waals surface area (Å²) in [4.78, 5) is 14.5. The highest BCUT2D eigenvalue weighted by Gasteiger charge is 1.92. The minimum absolute atomic E-state index is 0.155. The van der Waals surface area contributed by atoms with Crippen molar-refractivity contribution in [1.29, 1.82) is 0 Å². The van der Waals surface area contributed by atoms with Crippen LogP contribution in [0, 0.1) is 0 Å². The molecule has 0 aromatic rings. The summed E-state index contributed by atoms with van der Waals surface area (Å²) < 4.78 is 0. The Morgan fingerprint density at radius 2 is 2.40 bits per heavy atom. The van der Waals surface area contributed by atoms with E-state index in [2.05, 4.69) is 16.0 Å². The van der Waals surface area contributed by atoms with Gasteiger partial charge >= 0.3 is 0 Å². The maximum absolute atomic E-state index is 9.66. The van der Waals surface area contributed by atoms with Crippen molar-refractivity contribution in [3.05, 3.63) is 0 Å². The maximum Gasteiger partial charge on any atom is 0.227 e. The van der Waals surface area contributed by atoms with Crippen LogP contribution in [0.4, 0.5) is 0 Å². The fraction of sp³-hybridized carbons (Fsp3) is 0.600. The SMILES string of the molecule is CNO[C@H](C)/C=N\NC=O. The van der Waals surface area contributed by atoms with E-state index in [1.54, 1.807) is 14.0 Å². The second-order valence-corrected chi connectivity index (χ2v) is 1.55. The first-order valence-electron chi connectivity index (χ1n) is 2.86. The molecule has 0 rings (SSSR count). The van der Waals surface area contributed by atoms with Gasteiger partial charge in [-0.05, 0) is 6.92 Å². The molecule has 0 aromatic carbocycles. The number of carbonyl (C=O) groups is 1. The molecule has 0 aliphatic rings. The molecule has 0 aromatic heterocycles. The Hall–Kier alpha value is -0.940. The Labute approximate surface area is 59.4 Å². The van der Waals surface area contributed by atoms with Gasteiger partial charge in [0.2, 0.25) is 6.41 Å². The molecule has 0 aliphatic heterocycles. The van der Waals surface area contributed by atoms with Crippen LogP contribution < -0.4 is 10.9 Å². The van der Waals surface area contributed by atoms with E-state index >= 15 is 0 Å². The number of hydrogen-bond donors (Lipinski definition) is 2. The molecule has 5 heteroatoms. The van der Waals surface area contributed by atoms with Crippen LogP contribution in [-0.2, 0) is 9.63 Å². The van der Waals surface area contributed by atoms with Gasteiger partial charge in [0.15, 0.2) is 0 Å². The number of carbonyl (C=O) groups excluding carboxylic acids is 1. The van der Waals surface area contributed by atoms with Crippen LogP contribution in [0.25, 0.3) is 0 Å². The van der Waals surface area contributed by atoms with Gasteiger partial charge in [-0.15, -0.1) is 0 Å². The molecule has 0 aliphatic carbocycles. The molecule has 58 valence electrons. The standard InChI is InChI=1S/C5H11N3O2/c1-5(10-6-2)3-7-8-4-9/h3-6H,1-2H3,(H,8,9)/b7-3-/t5-/m1/s1. The van der Waals surface area contributed by atoms with E-state index in [1.807, 2.05) is 0 Å². The van der Waals surface area contributed by atoms with E-state index < -0.39 is 0 Å². The number of hydrazone groups is 1. The molecule has 0 bridgehead atoms. The highest BCUT2D eigenvalue weighted by molar-refractivity contribution is 5.63. The number of hydroxylamine groups is 1. The third kappa shape index (κ3) is 5.20. The van der Waals surface area contributed by atoms with Crippen molar-refractivity contribution in [3.8, 4) is 0 Å². The largest absolute Gasteiger partial charge is 0.293 e. The normalized spacial score (nSPS) is 13.4. The summed E-state index contributed by atoms with van der Waals surface area (Å²) in [6.45, 7) is 1.78. The molecule has 1 atom stereocenters. The van der Waals surface area contributed by atoms with Gasteiger partial charge in [-0.2, -0.15) is 5.10 Å². The Kier molecular flexibility index (Phi) is 5.60. The zero-order valence-electron chi connectivity index (χ0n) is 6.00. The Morgan fingerprint density at radius 3 is 2.90 bits per heavy atom. The molecule has 1 amide bonds. The quantitative estimate of drug-likeness (QED) is 0.304. The number of nitrogens with zero attached hydrogens (tertiary/aromatic N) is 1. The van der Waals surface area contributed by atoms with Crippen LogP contribution in [-0.4, -0.2) is 25.8 Å². The van der Waals surface area contributed by atoms with Crippen molar-refractivity contribution in [3.63, 3.8) is 0 Å². The lowest BCUT2D eigenvalue weighted by molar-refractivity contribution is -0.109. The molecule has 0 radical (unpaired) electrons. The first kappa shape index (κ1) is 9.06. The fourth-order valence-corrected chi connectivity index (χ4v) is 0.395. The van der Waals surface area contributed by atoms with E-state index in [-0.39, 0.29) is 6.10 Å². The first-order valence-corrected chi connectivity index (χ1v) is 2.86. The van der Waals surface area contributed by atoms with Crippen molar-refractivity contribution >= 4 is 12.6 Å². The zero-order chi connectivity index (χ0) is 7.82. The van der Waals surface area contributed by atoms with Crippen LogP contribution in [0.2, 0.25) is 0 Å². The van der Waals surface area contributed by atoms with Crippen LogP contribution >= 0.6 is 0 Å². The molecule has 0 spiro atoms. The van der Waals surface area contributed by atoms with E-state index in [4.69, 9.17) is 4.84 Å². The lowest BCUT2D eigenvalue weighted by atomic mass is 10.5. The molecular weight excluding hydrogens is 134 g/mol. The van der Waals surface area contributed by atoms with E-state index in [9.17, 15) is 4.79 Å². The van der Waals surface area contributed by atoms with Gasteiger partial charge in [0.1, 0.15) is 6.10 Å². The summed E-state index contributed by atoms with van der Waals surface area (Å²) in [6, 6.07) is 0. The van der Waals surface area contributed by atoms with Gasteiger partial charge in [0, 0.05) is 7.05 Å². The molecule has 0 fully saturated rings. The summed E-state index contributed by atoms with van der Waals surface area (Å²) in [5.41, 5.74) is 4.61. The van der Waals surface area contributed by atoms with Crippen molar-refractivity contribution in [2.24, 2.45) is 5.10 Å². The van der Waals surface area contributed by atoms with Gasteiger partial charge in [-0.25, -0.2) is 10.9 Å². The zero-order valence-corrected chi connectivity index (χ0v) is 6.00. The lowest BCUT2D eigenvalue weighted by Crippen LogP contribution is -2.19. The molecule has 0 heterocycles. The minimum atomic E-state index is -0.155. The molecular formula is C5H11N3O2. The predicted octanol–water partition coefficient (Wildman–Crippen LogP) is -0.742. The van der Waals surface area contributed by atoms with Crippen molar-refractivity contribution in [2.75, 3.05) is 7.05 Å². The van der Waals surface area contributed by atoms with Gasteiger partial charge in [0.05, 0.1) is 6.21 Å². The third-order valence-corrected chi connectivity index (χ3v) is 0.715. The summed E-state index contributed by atoms with van der Waals surface area (Å²) in [6.07, 6.45) is 1.80.